The highest BCUT2D eigenvalue weighted by atomic mass is 16.5. The normalized spacial score (nSPS) is 12.1. The summed E-state index contributed by atoms with van der Waals surface area (Å²) in [5.41, 5.74) is 0.656. The summed E-state index contributed by atoms with van der Waals surface area (Å²) in [6, 6.07) is 11.5. The molecule has 0 radical (unpaired) electrons. The first-order valence-corrected chi connectivity index (χ1v) is 4.97. The summed E-state index contributed by atoms with van der Waals surface area (Å²) in [6.07, 6.45) is 4.32. The van der Waals surface area contributed by atoms with Crippen molar-refractivity contribution >= 4 is 10.8 Å². The molecule has 2 nitrogen and oxygen atoms in total. The molecule has 0 aliphatic carbocycles. The third-order valence-corrected chi connectivity index (χ3v) is 2.58. The van der Waals surface area contributed by atoms with E-state index in [1.165, 1.54) is 0 Å². The Morgan fingerprint density at radius 2 is 2.00 bits per heavy atom. The van der Waals surface area contributed by atoms with Gasteiger partial charge in [0.1, 0.15) is 11.9 Å². The average Bonchev–Trinajstić information content (AvgIpc) is 2.36. The van der Waals surface area contributed by atoms with Crippen molar-refractivity contribution in [3.8, 4) is 18.1 Å². The molecular formula is C14H12O2. The van der Waals surface area contributed by atoms with Crippen molar-refractivity contribution in [3.05, 3.63) is 42.0 Å². The lowest BCUT2D eigenvalue weighted by atomic mass is 9.99. The van der Waals surface area contributed by atoms with Crippen molar-refractivity contribution < 1.29 is 9.84 Å². The Labute approximate surface area is 94.5 Å². The lowest BCUT2D eigenvalue weighted by Gasteiger charge is -2.13. The number of ether oxygens (including phenoxy) is 1. The molecule has 80 valence electrons. The Morgan fingerprint density at radius 3 is 2.69 bits per heavy atom. The molecule has 2 aromatic rings. The zero-order chi connectivity index (χ0) is 11.5. The Bertz CT molecular complexity index is 552. The minimum Gasteiger partial charge on any atom is -0.496 e. The van der Waals surface area contributed by atoms with Gasteiger partial charge >= 0.3 is 0 Å². The lowest BCUT2D eigenvalue weighted by Crippen LogP contribution is -1.99. The third kappa shape index (κ3) is 1.62. The van der Waals surface area contributed by atoms with Crippen molar-refractivity contribution in [3.63, 3.8) is 0 Å². The molecule has 1 unspecified atom stereocenters. The first-order valence-electron chi connectivity index (χ1n) is 4.97. The summed E-state index contributed by atoms with van der Waals surface area (Å²) in [5, 5.41) is 11.8. The van der Waals surface area contributed by atoms with Gasteiger partial charge < -0.3 is 9.84 Å². The molecule has 2 rings (SSSR count). The highest BCUT2D eigenvalue weighted by Crippen LogP contribution is 2.32. The maximum atomic E-state index is 9.82. The topological polar surface area (TPSA) is 29.5 Å². The summed E-state index contributed by atoms with van der Waals surface area (Å²) >= 11 is 0. The molecular weight excluding hydrogens is 200 g/mol. The van der Waals surface area contributed by atoms with Gasteiger partial charge in [0.15, 0.2) is 0 Å². The summed E-state index contributed by atoms with van der Waals surface area (Å²) in [4.78, 5) is 0. The maximum absolute atomic E-state index is 9.82. The first-order chi connectivity index (χ1) is 7.77. The van der Waals surface area contributed by atoms with Crippen LogP contribution in [0.5, 0.6) is 5.75 Å². The van der Waals surface area contributed by atoms with Crippen LogP contribution < -0.4 is 4.74 Å². The van der Waals surface area contributed by atoms with Crippen LogP contribution in [0.3, 0.4) is 0 Å². The Hall–Kier alpha value is -1.98. The van der Waals surface area contributed by atoms with Gasteiger partial charge in [-0.25, -0.2) is 0 Å². The number of aliphatic hydroxyl groups is 1. The lowest BCUT2D eigenvalue weighted by molar-refractivity contribution is 0.234. The van der Waals surface area contributed by atoms with Crippen molar-refractivity contribution in [2.45, 2.75) is 6.10 Å². The van der Waals surface area contributed by atoms with Crippen LogP contribution in [-0.2, 0) is 0 Å². The second-order valence-corrected chi connectivity index (χ2v) is 3.47. The summed E-state index contributed by atoms with van der Waals surface area (Å²) in [7, 11) is 1.57. The molecule has 16 heavy (non-hydrogen) atoms. The van der Waals surface area contributed by atoms with E-state index in [-0.39, 0.29) is 0 Å². The van der Waals surface area contributed by atoms with E-state index in [1.807, 2.05) is 36.4 Å². The number of methoxy groups -OCH3 is 1. The smallest absolute Gasteiger partial charge is 0.144 e. The fourth-order valence-corrected chi connectivity index (χ4v) is 1.82. The quantitative estimate of drug-likeness (QED) is 0.775. The third-order valence-electron chi connectivity index (χ3n) is 2.58. The van der Waals surface area contributed by atoms with Gasteiger partial charge in [-0.05, 0) is 16.8 Å². The van der Waals surface area contributed by atoms with Crippen LogP contribution in [-0.4, -0.2) is 12.2 Å². The highest BCUT2D eigenvalue weighted by molar-refractivity contribution is 5.88. The number of terminal acetylenes is 1. The molecule has 0 bridgehead atoms. The van der Waals surface area contributed by atoms with E-state index < -0.39 is 6.10 Å². The van der Waals surface area contributed by atoms with E-state index in [2.05, 4.69) is 5.92 Å². The van der Waals surface area contributed by atoms with Crippen LogP contribution in [0.25, 0.3) is 10.8 Å². The Balaban J connectivity index is 2.79. The largest absolute Gasteiger partial charge is 0.496 e. The van der Waals surface area contributed by atoms with Gasteiger partial charge in [0, 0.05) is 5.56 Å². The molecule has 1 atom stereocenters. The molecule has 2 aromatic carbocycles. The van der Waals surface area contributed by atoms with Gasteiger partial charge in [-0.15, -0.1) is 6.42 Å². The van der Waals surface area contributed by atoms with E-state index in [0.717, 1.165) is 10.8 Å². The summed E-state index contributed by atoms with van der Waals surface area (Å²) in [6.45, 7) is 0. The van der Waals surface area contributed by atoms with Crippen molar-refractivity contribution in [1.29, 1.82) is 0 Å². The summed E-state index contributed by atoms with van der Waals surface area (Å²) in [5.74, 6) is 2.94. The van der Waals surface area contributed by atoms with E-state index >= 15 is 0 Å². The van der Waals surface area contributed by atoms with E-state index in [4.69, 9.17) is 11.2 Å². The van der Waals surface area contributed by atoms with Crippen molar-refractivity contribution in [1.82, 2.24) is 0 Å². The minimum atomic E-state index is -0.943. The van der Waals surface area contributed by atoms with Crippen LogP contribution in [0.15, 0.2) is 36.4 Å². The number of rotatable bonds is 2. The second kappa shape index (κ2) is 4.26. The number of aliphatic hydroxyl groups excluding tert-OH is 1. The molecule has 0 aliphatic rings. The van der Waals surface area contributed by atoms with Crippen molar-refractivity contribution in [2.24, 2.45) is 0 Å². The molecule has 1 N–H and O–H groups in total. The van der Waals surface area contributed by atoms with Gasteiger partial charge in [-0.1, -0.05) is 36.3 Å². The average molecular weight is 212 g/mol. The van der Waals surface area contributed by atoms with Crippen LogP contribution in [0.1, 0.15) is 11.7 Å². The predicted octanol–water partition coefficient (Wildman–Crippen LogP) is 2.52. The van der Waals surface area contributed by atoms with E-state index in [0.29, 0.717) is 11.3 Å². The molecule has 0 heterocycles. The Morgan fingerprint density at radius 1 is 1.25 bits per heavy atom. The molecule has 0 aromatic heterocycles. The van der Waals surface area contributed by atoms with Crippen LogP contribution in [0.2, 0.25) is 0 Å². The van der Waals surface area contributed by atoms with Gasteiger partial charge in [0.05, 0.1) is 7.11 Å². The number of fused-ring (bicyclic) bond motifs is 1. The molecule has 0 saturated carbocycles. The summed E-state index contributed by atoms with van der Waals surface area (Å²) < 4.78 is 5.22. The van der Waals surface area contributed by atoms with E-state index in [1.54, 1.807) is 7.11 Å². The molecule has 2 heteroatoms. The SMILES string of the molecule is C#CC(O)c1c(OC)ccc2ccccc12. The van der Waals surface area contributed by atoms with Gasteiger partial charge in [0.2, 0.25) is 0 Å². The first kappa shape index (κ1) is 10.5. The van der Waals surface area contributed by atoms with Crippen LogP contribution in [0, 0.1) is 12.3 Å². The van der Waals surface area contributed by atoms with E-state index in [9.17, 15) is 5.11 Å². The Kier molecular flexibility index (Phi) is 2.80. The number of hydrogen-bond donors (Lipinski definition) is 1. The van der Waals surface area contributed by atoms with Crippen molar-refractivity contribution in [2.75, 3.05) is 7.11 Å². The molecule has 0 aliphatic heterocycles. The molecule has 0 saturated heterocycles. The molecule has 0 amide bonds. The van der Waals surface area contributed by atoms with Gasteiger partial charge in [-0.2, -0.15) is 0 Å². The van der Waals surface area contributed by atoms with Crippen LogP contribution in [0.4, 0.5) is 0 Å². The zero-order valence-electron chi connectivity index (χ0n) is 8.97. The molecule has 0 fully saturated rings. The number of benzene rings is 2. The highest BCUT2D eigenvalue weighted by Gasteiger charge is 2.14. The maximum Gasteiger partial charge on any atom is 0.144 e. The van der Waals surface area contributed by atoms with Crippen LogP contribution >= 0.6 is 0 Å². The minimum absolute atomic E-state index is 0.615. The standard InChI is InChI=1S/C14H12O2/c1-3-12(15)14-11-7-5-4-6-10(11)8-9-13(14)16-2/h1,4-9,12,15H,2H3. The second-order valence-electron chi connectivity index (χ2n) is 3.47. The number of hydrogen-bond acceptors (Lipinski definition) is 2. The zero-order valence-corrected chi connectivity index (χ0v) is 8.97. The van der Waals surface area contributed by atoms with Gasteiger partial charge in [0.25, 0.3) is 0 Å². The molecule has 0 spiro atoms. The fraction of sp³-hybridized carbons (Fsp3) is 0.143. The fourth-order valence-electron chi connectivity index (χ4n) is 1.82. The monoisotopic (exact) mass is 212 g/mol. The predicted molar refractivity (Wildman–Crippen MR) is 64.3 cm³/mol. The van der Waals surface area contributed by atoms with Gasteiger partial charge in [-0.3, -0.25) is 0 Å².